The van der Waals surface area contributed by atoms with Crippen LogP contribution in [0.3, 0.4) is 0 Å². The van der Waals surface area contributed by atoms with Gasteiger partial charge in [0.25, 0.3) is 0 Å². The van der Waals surface area contributed by atoms with Gasteiger partial charge in [0.05, 0.1) is 6.54 Å². The number of guanidine groups is 1. The molecule has 1 unspecified atom stereocenters. The van der Waals surface area contributed by atoms with E-state index in [0.29, 0.717) is 24.8 Å². The van der Waals surface area contributed by atoms with Crippen molar-refractivity contribution in [1.82, 2.24) is 25.4 Å². The van der Waals surface area contributed by atoms with E-state index in [1.54, 1.807) is 12.1 Å². The number of ether oxygens (including phenoxy) is 1. The van der Waals surface area contributed by atoms with E-state index in [4.69, 9.17) is 4.74 Å². The topological polar surface area (TPSA) is 76.4 Å². The normalized spacial score (nSPS) is 15.0. The molecule has 0 saturated carbocycles. The van der Waals surface area contributed by atoms with Crippen LogP contribution in [0.25, 0.3) is 0 Å². The number of hydrogen-bond donors (Lipinski definition) is 2. The first-order chi connectivity index (χ1) is 13.7. The van der Waals surface area contributed by atoms with Crippen molar-refractivity contribution >= 4 is 5.96 Å². The summed E-state index contributed by atoms with van der Waals surface area (Å²) in [7, 11) is 0. The zero-order valence-corrected chi connectivity index (χ0v) is 16.6. The number of hydrogen-bond acceptors (Lipinski definition) is 4. The second-order valence-electron chi connectivity index (χ2n) is 6.82. The number of nitrogens with zero attached hydrogens (tertiary/aromatic N) is 4. The molecule has 0 aliphatic carbocycles. The van der Waals surface area contributed by atoms with Crippen LogP contribution in [0.15, 0.2) is 29.3 Å². The van der Waals surface area contributed by atoms with Gasteiger partial charge in [-0.3, -0.25) is 0 Å². The molecule has 0 saturated heterocycles. The summed E-state index contributed by atoms with van der Waals surface area (Å²) in [5, 5.41) is 15.1. The van der Waals surface area contributed by atoms with Crippen LogP contribution in [0.4, 0.5) is 4.39 Å². The molecule has 0 fully saturated rings. The van der Waals surface area contributed by atoms with Crippen LogP contribution in [0.1, 0.15) is 44.8 Å². The van der Waals surface area contributed by atoms with E-state index in [0.717, 1.165) is 44.0 Å². The molecule has 0 amide bonds. The molecule has 0 radical (unpaired) electrons. The number of aromatic nitrogens is 3. The van der Waals surface area contributed by atoms with Gasteiger partial charge in [0.2, 0.25) is 0 Å². The molecular weight excluding hydrogens is 359 g/mol. The SMILES string of the molecule is CCNC(=NCc1nnc2n1CCCC2)NCC(CC)Oc1cccc(F)c1. The van der Waals surface area contributed by atoms with E-state index in [9.17, 15) is 4.39 Å². The molecule has 1 atom stereocenters. The number of rotatable bonds is 8. The smallest absolute Gasteiger partial charge is 0.191 e. The van der Waals surface area contributed by atoms with Gasteiger partial charge in [-0.25, -0.2) is 9.38 Å². The van der Waals surface area contributed by atoms with Gasteiger partial charge in [-0.2, -0.15) is 0 Å². The third-order valence-electron chi connectivity index (χ3n) is 4.71. The Kier molecular flexibility index (Phi) is 7.22. The molecule has 0 spiro atoms. The molecule has 3 rings (SSSR count). The number of aliphatic imine (C=N–C) groups is 1. The summed E-state index contributed by atoms with van der Waals surface area (Å²) in [6, 6.07) is 6.22. The third kappa shape index (κ3) is 5.43. The number of halogens is 1. The van der Waals surface area contributed by atoms with Crippen LogP contribution in [0.2, 0.25) is 0 Å². The quantitative estimate of drug-likeness (QED) is 0.537. The molecule has 7 nitrogen and oxygen atoms in total. The molecule has 0 bridgehead atoms. The predicted molar refractivity (Wildman–Crippen MR) is 107 cm³/mol. The van der Waals surface area contributed by atoms with Crippen LogP contribution in [0.5, 0.6) is 5.75 Å². The molecule has 152 valence electrons. The Bertz CT molecular complexity index is 791. The third-order valence-corrected chi connectivity index (χ3v) is 4.71. The minimum Gasteiger partial charge on any atom is -0.489 e. The average molecular weight is 388 g/mol. The van der Waals surface area contributed by atoms with E-state index in [2.05, 4.69) is 30.4 Å². The molecule has 8 heteroatoms. The van der Waals surface area contributed by atoms with Crippen LogP contribution >= 0.6 is 0 Å². The van der Waals surface area contributed by atoms with Crippen molar-refractivity contribution < 1.29 is 9.13 Å². The Hall–Kier alpha value is -2.64. The van der Waals surface area contributed by atoms with Crippen molar-refractivity contribution in [3.05, 3.63) is 41.7 Å². The van der Waals surface area contributed by atoms with E-state index < -0.39 is 0 Å². The fourth-order valence-electron chi connectivity index (χ4n) is 3.19. The van der Waals surface area contributed by atoms with Gasteiger partial charge in [0, 0.05) is 25.6 Å². The van der Waals surface area contributed by atoms with Gasteiger partial charge in [0.15, 0.2) is 11.8 Å². The maximum atomic E-state index is 13.4. The maximum Gasteiger partial charge on any atom is 0.191 e. The lowest BCUT2D eigenvalue weighted by molar-refractivity contribution is 0.198. The highest BCUT2D eigenvalue weighted by atomic mass is 19.1. The first-order valence-electron chi connectivity index (χ1n) is 10.0. The Morgan fingerprint density at radius 1 is 1.29 bits per heavy atom. The molecule has 1 aromatic carbocycles. The Balaban J connectivity index is 1.58. The highest BCUT2D eigenvalue weighted by molar-refractivity contribution is 5.79. The van der Waals surface area contributed by atoms with Crippen molar-refractivity contribution in [3.63, 3.8) is 0 Å². The van der Waals surface area contributed by atoms with Gasteiger partial charge in [-0.15, -0.1) is 10.2 Å². The maximum absolute atomic E-state index is 13.4. The number of aryl methyl sites for hydroxylation is 1. The predicted octanol–water partition coefficient (Wildman–Crippen LogP) is 2.67. The fraction of sp³-hybridized carbons (Fsp3) is 0.550. The summed E-state index contributed by atoms with van der Waals surface area (Å²) in [5.74, 6) is 2.90. The van der Waals surface area contributed by atoms with Gasteiger partial charge >= 0.3 is 0 Å². The van der Waals surface area contributed by atoms with Gasteiger partial charge in [-0.05, 0) is 38.3 Å². The van der Waals surface area contributed by atoms with E-state index >= 15 is 0 Å². The van der Waals surface area contributed by atoms with Crippen LogP contribution < -0.4 is 15.4 Å². The molecule has 2 N–H and O–H groups in total. The average Bonchev–Trinajstić information content (AvgIpc) is 3.12. The minimum absolute atomic E-state index is 0.0912. The molecule has 2 heterocycles. The highest BCUT2D eigenvalue weighted by Crippen LogP contribution is 2.15. The number of nitrogens with one attached hydrogen (secondary N) is 2. The molecule has 2 aromatic rings. The van der Waals surface area contributed by atoms with Crippen molar-refractivity contribution in [2.45, 2.75) is 58.7 Å². The van der Waals surface area contributed by atoms with Crippen molar-refractivity contribution in [2.75, 3.05) is 13.1 Å². The first kappa shape index (κ1) is 20.1. The van der Waals surface area contributed by atoms with E-state index in [1.165, 1.54) is 18.6 Å². The monoisotopic (exact) mass is 388 g/mol. The molecule has 1 aromatic heterocycles. The fourth-order valence-corrected chi connectivity index (χ4v) is 3.19. The molecule has 28 heavy (non-hydrogen) atoms. The largest absolute Gasteiger partial charge is 0.489 e. The van der Waals surface area contributed by atoms with Crippen LogP contribution in [-0.2, 0) is 19.5 Å². The van der Waals surface area contributed by atoms with Crippen molar-refractivity contribution in [2.24, 2.45) is 4.99 Å². The Morgan fingerprint density at radius 2 is 2.18 bits per heavy atom. The summed E-state index contributed by atoms with van der Waals surface area (Å²) < 4.78 is 21.4. The second-order valence-corrected chi connectivity index (χ2v) is 6.82. The van der Waals surface area contributed by atoms with Gasteiger partial charge in [0.1, 0.15) is 30.0 Å². The van der Waals surface area contributed by atoms with Crippen LogP contribution in [-0.4, -0.2) is 39.9 Å². The van der Waals surface area contributed by atoms with Crippen LogP contribution in [0, 0.1) is 5.82 Å². The zero-order chi connectivity index (χ0) is 19.8. The number of fused-ring (bicyclic) bond motifs is 1. The highest BCUT2D eigenvalue weighted by Gasteiger charge is 2.15. The molecule has 1 aliphatic heterocycles. The second kappa shape index (κ2) is 10.1. The Morgan fingerprint density at radius 3 is 2.96 bits per heavy atom. The molecular formula is C20H29FN6O. The molecule has 1 aliphatic rings. The van der Waals surface area contributed by atoms with Crippen molar-refractivity contribution in [3.8, 4) is 5.75 Å². The zero-order valence-electron chi connectivity index (χ0n) is 16.6. The standard InChI is InChI=1S/C20H29FN6O/c1-3-16(28-17-9-7-8-15(21)12-17)13-23-20(22-4-2)24-14-19-26-25-18-10-5-6-11-27(18)19/h7-9,12,16H,3-6,10-11,13-14H2,1-2H3,(H2,22,23,24). The van der Waals surface area contributed by atoms with E-state index in [1.807, 2.05) is 13.8 Å². The van der Waals surface area contributed by atoms with Gasteiger partial charge in [-0.1, -0.05) is 13.0 Å². The van der Waals surface area contributed by atoms with Crippen molar-refractivity contribution in [1.29, 1.82) is 0 Å². The minimum atomic E-state index is -0.299. The van der Waals surface area contributed by atoms with Gasteiger partial charge < -0.3 is 19.9 Å². The summed E-state index contributed by atoms with van der Waals surface area (Å²) in [5.41, 5.74) is 0. The lowest BCUT2D eigenvalue weighted by atomic mass is 10.2. The van der Waals surface area contributed by atoms with E-state index in [-0.39, 0.29) is 11.9 Å². The summed E-state index contributed by atoms with van der Waals surface area (Å²) in [4.78, 5) is 4.65. The summed E-state index contributed by atoms with van der Waals surface area (Å²) in [6.07, 6.45) is 4.03. The number of benzene rings is 1. The lowest BCUT2D eigenvalue weighted by Crippen LogP contribution is -2.42. The summed E-state index contributed by atoms with van der Waals surface area (Å²) in [6.45, 7) is 6.83. The summed E-state index contributed by atoms with van der Waals surface area (Å²) >= 11 is 0. The Labute approximate surface area is 165 Å². The lowest BCUT2D eigenvalue weighted by Gasteiger charge is -2.20. The first-order valence-corrected chi connectivity index (χ1v) is 10.0.